The van der Waals surface area contributed by atoms with Gasteiger partial charge in [-0.1, -0.05) is 42.5 Å². The molecule has 162 valence electrons. The van der Waals surface area contributed by atoms with E-state index in [-0.39, 0.29) is 5.91 Å². The fourth-order valence-corrected chi connectivity index (χ4v) is 4.34. The molecule has 0 bridgehead atoms. The van der Waals surface area contributed by atoms with Crippen LogP contribution < -0.4 is 10.5 Å². The molecule has 7 heteroatoms. The lowest BCUT2D eigenvalue weighted by Crippen LogP contribution is -2.61. The maximum absolute atomic E-state index is 13.0. The number of pyridine rings is 1. The maximum atomic E-state index is 13.0. The second-order valence-electron chi connectivity index (χ2n) is 8.12. The number of methoxy groups -OCH3 is 1. The molecule has 1 aliphatic heterocycles. The van der Waals surface area contributed by atoms with Crippen LogP contribution in [0.3, 0.4) is 0 Å². The minimum absolute atomic E-state index is 0.0529. The van der Waals surface area contributed by atoms with Crippen LogP contribution in [0.4, 0.5) is 0 Å². The molecule has 1 atom stereocenters. The number of quaternary nitrogens is 1. The monoisotopic (exact) mass is 428 g/mol. The first-order valence-corrected chi connectivity index (χ1v) is 10.8. The molecule has 0 radical (unpaired) electrons. The molecule has 0 aliphatic carbocycles. The largest absolute Gasteiger partial charge is 0.497 e. The number of hydrogen-bond acceptors (Lipinski definition) is 4. The third-order valence-corrected chi connectivity index (χ3v) is 6.16. The molecule has 0 spiro atoms. The van der Waals surface area contributed by atoms with Crippen molar-refractivity contribution in [3.8, 4) is 5.75 Å². The Bertz CT molecular complexity index is 1250. The van der Waals surface area contributed by atoms with Gasteiger partial charge in [0, 0.05) is 30.2 Å². The molecule has 3 heterocycles. The average molecular weight is 429 g/mol. The van der Waals surface area contributed by atoms with Gasteiger partial charge >= 0.3 is 0 Å². The van der Waals surface area contributed by atoms with Crippen molar-refractivity contribution >= 4 is 16.9 Å². The number of rotatable bonds is 5. The Morgan fingerprint density at radius 1 is 1.12 bits per heavy atom. The highest BCUT2D eigenvalue weighted by Gasteiger charge is 2.29. The third kappa shape index (κ3) is 3.71. The summed E-state index contributed by atoms with van der Waals surface area (Å²) in [4.78, 5) is 19.6. The first-order chi connectivity index (χ1) is 15.6. The van der Waals surface area contributed by atoms with E-state index in [1.54, 1.807) is 7.11 Å². The molecule has 0 unspecified atom stereocenters. The predicted octanol–water partition coefficient (Wildman–Crippen LogP) is 2.36. The van der Waals surface area contributed by atoms with Gasteiger partial charge in [0.2, 0.25) is 0 Å². The number of amides is 1. The molecule has 0 fully saturated rings. The quantitative estimate of drug-likeness (QED) is 0.529. The minimum atomic E-state index is -0.401. The molecule has 32 heavy (non-hydrogen) atoms. The van der Waals surface area contributed by atoms with E-state index in [2.05, 4.69) is 10.8 Å². The van der Waals surface area contributed by atoms with E-state index in [0.29, 0.717) is 19.6 Å². The number of carbonyl (C=O) groups excluding carboxylic acids is 1. The van der Waals surface area contributed by atoms with Crippen LogP contribution in [0.25, 0.3) is 11.0 Å². The maximum Gasteiger partial charge on any atom is 0.285 e. The molecule has 1 amide bonds. The van der Waals surface area contributed by atoms with Gasteiger partial charge in [-0.25, -0.2) is 9.67 Å². The number of carbonyl (C=O) groups is 1. The summed E-state index contributed by atoms with van der Waals surface area (Å²) in [6, 6.07) is 17.3. The van der Waals surface area contributed by atoms with Crippen LogP contribution in [0.1, 0.15) is 28.3 Å². The van der Waals surface area contributed by atoms with E-state index >= 15 is 0 Å². The van der Waals surface area contributed by atoms with E-state index in [1.807, 2.05) is 76.6 Å². The SMILES string of the molecule is COc1ccc(Cn2ncc3c4c(cnc32)CN(C(=O)[C@@H]([NH3+])c2ccccc2)CC4)cc1. The van der Waals surface area contributed by atoms with Gasteiger partial charge in [-0.15, -0.1) is 0 Å². The zero-order chi connectivity index (χ0) is 22.1. The van der Waals surface area contributed by atoms with Crippen molar-refractivity contribution in [2.45, 2.75) is 25.6 Å². The lowest BCUT2D eigenvalue weighted by molar-refractivity contribution is -0.412. The van der Waals surface area contributed by atoms with Gasteiger partial charge in [-0.3, -0.25) is 4.79 Å². The third-order valence-electron chi connectivity index (χ3n) is 6.16. The molecule has 7 nitrogen and oxygen atoms in total. The Hall–Kier alpha value is -3.71. The van der Waals surface area contributed by atoms with Crippen molar-refractivity contribution in [3.63, 3.8) is 0 Å². The second kappa shape index (κ2) is 8.43. The lowest BCUT2D eigenvalue weighted by Gasteiger charge is -2.30. The van der Waals surface area contributed by atoms with Crippen LogP contribution in [0, 0.1) is 0 Å². The van der Waals surface area contributed by atoms with Crippen molar-refractivity contribution in [2.75, 3.05) is 13.7 Å². The molecule has 0 saturated carbocycles. The van der Waals surface area contributed by atoms with E-state index in [9.17, 15) is 4.79 Å². The summed E-state index contributed by atoms with van der Waals surface area (Å²) >= 11 is 0. The molecule has 4 aromatic rings. The van der Waals surface area contributed by atoms with E-state index in [1.165, 1.54) is 5.56 Å². The van der Waals surface area contributed by atoms with Gasteiger partial charge in [0.15, 0.2) is 11.7 Å². The first kappa shape index (κ1) is 20.2. The van der Waals surface area contributed by atoms with Gasteiger partial charge in [0.1, 0.15) is 5.75 Å². The highest BCUT2D eigenvalue weighted by molar-refractivity contribution is 5.84. The smallest absolute Gasteiger partial charge is 0.285 e. The van der Waals surface area contributed by atoms with Crippen LogP contribution in [0.15, 0.2) is 67.0 Å². The Balaban J connectivity index is 1.36. The van der Waals surface area contributed by atoms with Crippen LogP contribution >= 0.6 is 0 Å². The standard InChI is InChI=1S/C25H25N5O2/c1-32-20-9-7-17(8-10-20)15-30-24-22(14-28-30)21-11-12-29(16-19(21)13-27-24)25(31)23(26)18-5-3-2-4-6-18/h2-10,13-14,23H,11-12,15-16,26H2,1H3/p+1/t23-/m0/s1. The highest BCUT2D eigenvalue weighted by Crippen LogP contribution is 2.27. The summed E-state index contributed by atoms with van der Waals surface area (Å²) in [6.45, 7) is 1.87. The van der Waals surface area contributed by atoms with Gasteiger partial charge in [-0.05, 0) is 35.2 Å². The van der Waals surface area contributed by atoms with Gasteiger partial charge in [0.25, 0.3) is 5.91 Å². The average Bonchev–Trinajstić information content (AvgIpc) is 3.26. The molecule has 3 N–H and O–H groups in total. The van der Waals surface area contributed by atoms with Gasteiger partial charge < -0.3 is 15.4 Å². The Morgan fingerprint density at radius 3 is 2.66 bits per heavy atom. The molecular weight excluding hydrogens is 402 g/mol. The fourth-order valence-electron chi connectivity index (χ4n) is 4.34. The number of hydrogen-bond donors (Lipinski definition) is 1. The fraction of sp³-hybridized carbons (Fsp3) is 0.240. The first-order valence-electron chi connectivity index (χ1n) is 10.8. The van der Waals surface area contributed by atoms with Crippen LogP contribution in [-0.4, -0.2) is 39.2 Å². The van der Waals surface area contributed by atoms with Crippen molar-refractivity contribution in [1.29, 1.82) is 0 Å². The zero-order valence-corrected chi connectivity index (χ0v) is 18.1. The molecule has 2 aromatic heterocycles. The molecule has 1 aliphatic rings. The van der Waals surface area contributed by atoms with Crippen LogP contribution in [0.5, 0.6) is 5.75 Å². The van der Waals surface area contributed by atoms with Crippen LogP contribution in [0.2, 0.25) is 0 Å². The number of fused-ring (bicyclic) bond motifs is 3. The number of ether oxygens (including phenoxy) is 1. The van der Waals surface area contributed by atoms with Crippen molar-refractivity contribution in [3.05, 3.63) is 89.2 Å². The summed E-state index contributed by atoms with van der Waals surface area (Å²) < 4.78 is 7.16. The number of nitrogens with zero attached hydrogens (tertiary/aromatic N) is 4. The summed E-state index contributed by atoms with van der Waals surface area (Å²) in [7, 11) is 1.66. The molecule has 2 aromatic carbocycles. The highest BCUT2D eigenvalue weighted by atomic mass is 16.5. The summed E-state index contributed by atoms with van der Waals surface area (Å²) in [5, 5.41) is 5.66. The Morgan fingerprint density at radius 2 is 1.91 bits per heavy atom. The summed E-state index contributed by atoms with van der Waals surface area (Å²) in [5.41, 5.74) is 9.39. The molecule has 0 saturated heterocycles. The van der Waals surface area contributed by atoms with Crippen molar-refractivity contribution < 1.29 is 15.3 Å². The lowest BCUT2D eigenvalue weighted by atomic mass is 9.98. The minimum Gasteiger partial charge on any atom is -0.497 e. The van der Waals surface area contributed by atoms with Gasteiger partial charge in [-0.2, -0.15) is 5.10 Å². The zero-order valence-electron chi connectivity index (χ0n) is 18.1. The van der Waals surface area contributed by atoms with Crippen molar-refractivity contribution in [1.82, 2.24) is 19.7 Å². The Kier molecular flexibility index (Phi) is 5.33. The molecular formula is C25H26N5O2+. The van der Waals surface area contributed by atoms with E-state index < -0.39 is 6.04 Å². The van der Waals surface area contributed by atoms with Crippen molar-refractivity contribution in [2.24, 2.45) is 0 Å². The van der Waals surface area contributed by atoms with Crippen LogP contribution in [-0.2, 0) is 24.3 Å². The topological polar surface area (TPSA) is 87.9 Å². The number of benzene rings is 2. The molecule has 5 rings (SSSR count). The van der Waals surface area contributed by atoms with Gasteiger partial charge in [0.05, 0.1) is 19.9 Å². The predicted molar refractivity (Wildman–Crippen MR) is 121 cm³/mol. The van der Waals surface area contributed by atoms with E-state index in [0.717, 1.165) is 39.9 Å². The Labute approximate surface area is 186 Å². The summed E-state index contributed by atoms with van der Waals surface area (Å²) in [5.74, 6) is 0.888. The second-order valence-corrected chi connectivity index (χ2v) is 8.12. The summed E-state index contributed by atoms with van der Waals surface area (Å²) in [6.07, 6.45) is 4.58. The number of aromatic nitrogens is 3. The van der Waals surface area contributed by atoms with E-state index in [4.69, 9.17) is 9.72 Å². The normalized spacial score (nSPS) is 14.2.